The van der Waals surface area contributed by atoms with Crippen molar-refractivity contribution in [3.8, 4) is 0 Å². The molecule has 3 rings (SSSR count). The molecule has 2 heteroatoms. The van der Waals surface area contributed by atoms with Crippen LogP contribution in [0.5, 0.6) is 0 Å². The van der Waals surface area contributed by atoms with Gasteiger partial charge in [-0.25, -0.2) is 8.78 Å². The number of hydrogen-bond donors (Lipinski definition) is 0. The van der Waals surface area contributed by atoms with E-state index in [1.165, 1.54) is 51.4 Å². The van der Waals surface area contributed by atoms with Gasteiger partial charge >= 0.3 is 0 Å². The Morgan fingerprint density at radius 2 is 1.70 bits per heavy atom. The monoisotopic (exact) mass is 414 g/mol. The topological polar surface area (TPSA) is 0 Å². The predicted octanol–water partition coefficient (Wildman–Crippen LogP) is 9.04. The standard InChI is InChI=1S/C28H40F2/c1-3-5-6-7-8-10-21-11-13-22(14-12-21)23-15-17-24(18-16-23)26-20-19-25(9-4-2)27(29)28(26)30/h8,10,17,19-23H,3-7,9,11-16,18H2,1-2H3. The summed E-state index contributed by atoms with van der Waals surface area (Å²) in [7, 11) is 0. The summed E-state index contributed by atoms with van der Waals surface area (Å²) >= 11 is 0. The van der Waals surface area contributed by atoms with E-state index in [0.29, 0.717) is 17.5 Å². The number of aryl methyl sites for hydroxylation is 1. The summed E-state index contributed by atoms with van der Waals surface area (Å²) in [6, 6.07) is 3.58. The fourth-order valence-corrected chi connectivity index (χ4v) is 5.44. The van der Waals surface area contributed by atoms with Crippen molar-refractivity contribution in [2.24, 2.45) is 17.8 Å². The summed E-state index contributed by atoms with van der Waals surface area (Å²) in [6.45, 7) is 4.25. The Morgan fingerprint density at radius 1 is 0.900 bits per heavy atom. The normalized spacial score (nSPS) is 24.9. The maximum Gasteiger partial charge on any atom is 0.166 e. The Balaban J connectivity index is 1.50. The maximum atomic E-state index is 14.6. The molecule has 2 aliphatic rings. The van der Waals surface area contributed by atoms with E-state index in [-0.39, 0.29) is 0 Å². The first kappa shape index (κ1) is 23.2. The number of allylic oxidation sites excluding steroid dienone is 4. The van der Waals surface area contributed by atoms with Crippen LogP contribution in [-0.2, 0) is 6.42 Å². The van der Waals surface area contributed by atoms with Gasteiger partial charge in [0.2, 0.25) is 0 Å². The van der Waals surface area contributed by atoms with Gasteiger partial charge < -0.3 is 0 Å². The van der Waals surface area contributed by atoms with Gasteiger partial charge in [-0.05, 0) is 93.1 Å². The van der Waals surface area contributed by atoms with Crippen molar-refractivity contribution in [2.45, 2.75) is 97.3 Å². The highest BCUT2D eigenvalue weighted by Gasteiger charge is 2.28. The van der Waals surface area contributed by atoms with E-state index in [1.807, 2.05) is 6.92 Å². The lowest BCUT2D eigenvalue weighted by molar-refractivity contribution is 0.212. The zero-order chi connectivity index (χ0) is 21.3. The van der Waals surface area contributed by atoms with Crippen molar-refractivity contribution >= 4 is 5.57 Å². The first-order valence-corrected chi connectivity index (χ1v) is 12.5. The van der Waals surface area contributed by atoms with Gasteiger partial charge in [0, 0.05) is 5.56 Å². The van der Waals surface area contributed by atoms with Gasteiger partial charge in [0.05, 0.1) is 0 Å². The summed E-state index contributed by atoms with van der Waals surface area (Å²) in [6.07, 6.45) is 22.0. The smallest absolute Gasteiger partial charge is 0.166 e. The minimum absolute atomic E-state index is 0.489. The van der Waals surface area contributed by atoms with Crippen LogP contribution < -0.4 is 0 Å². The van der Waals surface area contributed by atoms with Crippen LogP contribution in [0.25, 0.3) is 5.57 Å². The van der Waals surface area contributed by atoms with Crippen LogP contribution >= 0.6 is 0 Å². The molecule has 1 unspecified atom stereocenters. The molecule has 1 saturated carbocycles. The van der Waals surface area contributed by atoms with Gasteiger partial charge in [0.1, 0.15) is 0 Å². The largest absolute Gasteiger partial charge is 0.203 e. The van der Waals surface area contributed by atoms with E-state index >= 15 is 0 Å². The van der Waals surface area contributed by atoms with Crippen LogP contribution in [0, 0.1) is 29.4 Å². The Labute approximate surface area is 182 Å². The van der Waals surface area contributed by atoms with E-state index in [2.05, 4.69) is 25.2 Å². The molecule has 2 aliphatic carbocycles. The lowest BCUT2D eigenvalue weighted by Gasteiger charge is -2.35. The third-order valence-corrected chi connectivity index (χ3v) is 7.34. The molecule has 0 bridgehead atoms. The fraction of sp³-hybridized carbons (Fsp3) is 0.643. The van der Waals surface area contributed by atoms with Crippen LogP contribution in [0.1, 0.15) is 102 Å². The third kappa shape index (κ3) is 6.05. The van der Waals surface area contributed by atoms with E-state index in [1.54, 1.807) is 12.1 Å². The lowest BCUT2D eigenvalue weighted by atomic mass is 9.71. The summed E-state index contributed by atoms with van der Waals surface area (Å²) in [5.41, 5.74) is 2.00. The van der Waals surface area contributed by atoms with E-state index in [9.17, 15) is 8.78 Å². The maximum absolute atomic E-state index is 14.6. The molecule has 1 aromatic carbocycles. The van der Waals surface area contributed by atoms with Crippen LogP contribution in [0.4, 0.5) is 8.78 Å². The fourth-order valence-electron chi connectivity index (χ4n) is 5.44. The molecule has 1 aromatic rings. The molecule has 1 fully saturated rings. The van der Waals surface area contributed by atoms with Crippen molar-refractivity contribution < 1.29 is 8.78 Å². The Morgan fingerprint density at radius 3 is 2.37 bits per heavy atom. The molecule has 0 radical (unpaired) electrons. The second-order valence-corrected chi connectivity index (χ2v) is 9.51. The quantitative estimate of drug-likeness (QED) is 0.279. The average Bonchev–Trinajstić information content (AvgIpc) is 2.78. The second kappa shape index (κ2) is 11.8. The first-order chi connectivity index (χ1) is 14.6. The average molecular weight is 415 g/mol. The molecule has 0 saturated heterocycles. The Bertz CT molecular complexity index is 722. The van der Waals surface area contributed by atoms with Gasteiger partial charge in [-0.1, -0.05) is 63.5 Å². The molecular weight excluding hydrogens is 374 g/mol. The second-order valence-electron chi connectivity index (χ2n) is 9.51. The number of rotatable bonds is 9. The van der Waals surface area contributed by atoms with Crippen LogP contribution in [0.3, 0.4) is 0 Å². The van der Waals surface area contributed by atoms with Crippen molar-refractivity contribution in [1.82, 2.24) is 0 Å². The first-order valence-electron chi connectivity index (χ1n) is 12.5. The molecule has 0 spiro atoms. The molecular formula is C28H40F2. The Hall–Kier alpha value is -1.44. The molecule has 0 aliphatic heterocycles. The summed E-state index contributed by atoms with van der Waals surface area (Å²) in [4.78, 5) is 0. The van der Waals surface area contributed by atoms with Crippen molar-refractivity contribution in [2.75, 3.05) is 0 Å². The van der Waals surface area contributed by atoms with Crippen molar-refractivity contribution in [1.29, 1.82) is 0 Å². The molecule has 0 heterocycles. The van der Waals surface area contributed by atoms with Crippen molar-refractivity contribution in [3.63, 3.8) is 0 Å². The van der Waals surface area contributed by atoms with Crippen molar-refractivity contribution in [3.05, 3.63) is 53.1 Å². The van der Waals surface area contributed by atoms with Crippen LogP contribution in [0.2, 0.25) is 0 Å². The zero-order valence-corrected chi connectivity index (χ0v) is 19.1. The third-order valence-electron chi connectivity index (χ3n) is 7.34. The summed E-state index contributed by atoms with van der Waals surface area (Å²) < 4.78 is 29.0. The summed E-state index contributed by atoms with van der Waals surface area (Å²) in [5.74, 6) is 1.02. The van der Waals surface area contributed by atoms with Gasteiger partial charge in [-0.15, -0.1) is 0 Å². The highest BCUT2D eigenvalue weighted by molar-refractivity contribution is 5.67. The van der Waals surface area contributed by atoms with E-state index < -0.39 is 11.6 Å². The molecule has 1 atom stereocenters. The number of unbranched alkanes of at least 4 members (excludes halogenated alkanes) is 3. The molecule has 0 nitrogen and oxygen atoms in total. The molecule has 0 aromatic heterocycles. The SMILES string of the molecule is CCCCCC=CC1CCC(C2CC=C(c3ccc(CCC)c(F)c3F)CC2)CC1. The summed E-state index contributed by atoms with van der Waals surface area (Å²) in [5, 5.41) is 0. The van der Waals surface area contributed by atoms with E-state index in [0.717, 1.165) is 49.0 Å². The number of hydrogen-bond acceptors (Lipinski definition) is 0. The predicted molar refractivity (Wildman–Crippen MR) is 124 cm³/mol. The Kier molecular flexibility index (Phi) is 9.15. The molecule has 166 valence electrons. The van der Waals surface area contributed by atoms with Crippen LogP contribution in [-0.4, -0.2) is 0 Å². The number of halogens is 2. The highest BCUT2D eigenvalue weighted by Crippen LogP contribution is 2.42. The van der Waals surface area contributed by atoms with E-state index in [4.69, 9.17) is 0 Å². The minimum Gasteiger partial charge on any atom is -0.203 e. The molecule has 0 amide bonds. The van der Waals surface area contributed by atoms with Gasteiger partial charge in [0.15, 0.2) is 11.6 Å². The minimum atomic E-state index is -0.642. The highest BCUT2D eigenvalue weighted by atomic mass is 19.2. The molecule has 30 heavy (non-hydrogen) atoms. The lowest BCUT2D eigenvalue weighted by Crippen LogP contribution is -2.22. The van der Waals surface area contributed by atoms with Crippen LogP contribution in [0.15, 0.2) is 30.4 Å². The van der Waals surface area contributed by atoms with Gasteiger partial charge in [0.25, 0.3) is 0 Å². The number of benzene rings is 1. The molecule has 0 N–H and O–H groups in total. The van der Waals surface area contributed by atoms with Gasteiger partial charge in [-0.3, -0.25) is 0 Å². The zero-order valence-electron chi connectivity index (χ0n) is 19.1. The van der Waals surface area contributed by atoms with Gasteiger partial charge in [-0.2, -0.15) is 0 Å².